The van der Waals surface area contributed by atoms with Crippen LogP contribution < -0.4 is 5.32 Å². The van der Waals surface area contributed by atoms with Crippen LogP contribution in [0.4, 0.5) is 0 Å². The van der Waals surface area contributed by atoms with E-state index >= 15 is 0 Å². The second kappa shape index (κ2) is 5.55. The van der Waals surface area contributed by atoms with Crippen LogP contribution in [0.25, 0.3) is 0 Å². The highest BCUT2D eigenvalue weighted by atomic mass is 16.3. The number of carbonyl (C=O) groups is 1. The van der Waals surface area contributed by atoms with Gasteiger partial charge in [0.1, 0.15) is 5.92 Å². The summed E-state index contributed by atoms with van der Waals surface area (Å²) in [5.41, 5.74) is 0. The van der Waals surface area contributed by atoms with E-state index in [1.54, 1.807) is 6.92 Å². The molecule has 2 unspecified atom stereocenters. The Balaban J connectivity index is 4.02. The van der Waals surface area contributed by atoms with E-state index < -0.39 is 12.0 Å². The number of nitrogens with zero attached hydrogens (tertiary/aromatic N) is 1. The smallest absolute Gasteiger partial charge is 0.237 e. The highest BCUT2D eigenvalue weighted by molar-refractivity contribution is 5.81. The van der Waals surface area contributed by atoms with Crippen molar-refractivity contribution in [2.24, 2.45) is 11.8 Å². The molecule has 74 valence electrons. The number of aliphatic hydroxyl groups is 1. The molecular weight excluding hydrogens is 168 g/mol. The largest absolute Gasteiger partial charge is 0.392 e. The molecule has 0 aliphatic rings. The molecule has 0 radical (unpaired) electrons. The van der Waals surface area contributed by atoms with Gasteiger partial charge in [0, 0.05) is 6.54 Å². The number of rotatable bonds is 4. The first-order chi connectivity index (χ1) is 5.99. The van der Waals surface area contributed by atoms with Crippen LogP contribution >= 0.6 is 0 Å². The quantitative estimate of drug-likeness (QED) is 0.659. The molecule has 1 amide bonds. The summed E-state index contributed by atoms with van der Waals surface area (Å²) in [5.74, 6) is -0.934. The van der Waals surface area contributed by atoms with Crippen LogP contribution in [0.3, 0.4) is 0 Å². The van der Waals surface area contributed by atoms with E-state index in [2.05, 4.69) is 5.32 Å². The standard InChI is InChI=1S/C9H16N2O2/c1-6(2)8(4-10)9(13)11-5-7(3)12/h6-8,12H,5H2,1-3H3,(H,11,13). The second-order valence-corrected chi connectivity index (χ2v) is 3.44. The maximum absolute atomic E-state index is 11.3. The van der Waals surface area contributed by atoms with Crippen LogP contribution in [0.2, 0.25) is 0 Å². The fourth-order valence-electron chi connectivity index (χ4n) is 0.869. The van der Waals surface area contributed by atoms with Gasteiger partial charge >= 0.3 is 0 Å². The van der Waals surface area contributed by atoms with Gasteiger partial charge in [-0.1, -0.05) is 13.8 Å². The van der Waals surface area contributed by atoms with Gasteiger partial charge in [0.25, 0.3) is 0 Å². The summed E-state index contributed by atoms with van der Waals surface area (Å²) in [6.07, 6.45) is -0.574. The third kappa shape index (κ3) is 4.48. The molecule has 0 aromatic carbocycles. The molecule has 0 fully saturated rings. The van der Waals surface area contributed by atoms with Crippen molar-refractivity contribution < 1.29 is 9.90 Å². The zero-order chi connectivity index (χ0) is 10.4. The normalized spacial score (nSPS) is 14.8. The minimum atomic E-state index is -0.626. The summed E-state index contributed by atoms with van der Waals surface area (Å²) in [7, 11) is 0. The molecule has 2 atom stereocenters. The Labute approximate surface area is 78.6 Å². The topological polar surface area (TPSA) is 73.1 Å². The van der Waals surface area contributed by atoms with Crippen molar-refractivity contribution in [2.45, 2.75) is 26.9 Å². The molecular formula is C9H16N2O2. The molecule has 0 saturated carbocycles. The lowest BCUT2D eigenvalue weighted by Crippen LogP contribution is -2.36. The third-order valence-electron chi connectivity index (χ3n) is 1.66. The fourth-order valence-corrected chi connectivity index (χ4v) is 0.869. The van der Waals surface area contributed by atoms with Gasteiger partial charge in [-0.05, 0) is 12.8 Å². The third-order valence-corrected chi connectivity index (χ3v) is 1.66. The van der Waals surface area contributed by atoms with Gasteiger partial charge in [0.05, 0.1) is 12.2 Å². The van der Waals surface area contributed by atoms with E-state index in [0.29, 0.717) is 0 Å². The number of nitrogens with one attached hydrogen (secondary N) is 1. The van der Waals surface area contributed by atoms with Crippen LogP contribution in [-0.4, -0.2) is 23.7 Å². The molecule has 4 nitrogen and oxygen atoms in total. The SMILES string of the molecule is CC(O)CNC(=O)C(C#N)C(C)C. The Hall–Kier alpha value is -1.08. The molecule has 0 aliphatic heterocycles. The zero-order valence-electron chi connectivity index (χ0n) is 8.24. The minimum Gasteiger partial charge on any atom is -0.392 e. The fraction of sp³-hybridized carbons (Fsp3) is 0.778. The lowest BCUT2D eigenvalue weighted by molar-refractivity contribution is -0.124. The summed E-state index contributed by atoms with van der Waals surface area (Å²) >= 11 is 0. The lowest BCUT2D eigenvalue weighted by atomic mass is 9.97. The van der Waals surface area contributed by atoms with E-state index in [0.717, 1.165) is 0 Å². The molecule has 0 heterocycles. The van der Waals surface area contributed by atoms with Gasteiger partial charge in [-0.15, -0.1) is 0 Å². The van der Waals surface area contributed by atoms with Crippen molar-refractivity contribution in [3.63, 3.8) is 0 Å². The predicted octanol–water partition coefficient (Wildman–Crippen LogP) is 0.279. The number of hydrogen-bond acceptors (Lipinski definition) is 3. The Morgan fingerprint density at radius 2 is 2.08 bits per heavy atom. The van der Waals surface area contributed by atoms with Gasteiger partial charge < -0.3 is 10.4 Å². The van der Waals surface area contributed by atoms with Gasteiger partial charge in [0.2, 0.25) is 5.91 Å². The van der Waals surface area contributed by atoms with Crippen LogP contribution in [-0.2, 0) is 4.79 Å². The zero-order valence-corrected chi connectivity index (χ0v) is 8.24. The molecule has 0 aromatic heterocycles. The second-order valence-electron chi connectivity index (χ2n) is 3.44. The van der Waals surface area contributed by atoms with Gasteiger partial charge in [-0.3, -0.25) is 4.79 Å². The maximum Gasteiger partial charge on any atom is 0.237 e. The van der Waals surface area contributed by atoms with Crippen LogP contribution in [0.1, 0.15) is 20.8 Å². The Bertz CT molecular complexity index is 206. The molecule has 0 aliphatic carbocycles. The minimum absolute atomic E-state index is 0.000927. The average molecular weight is 184 g/mol. The first kappa shape index (κ1) is 11.9. The number of aliphatic hydroxyl groups excluding tert-OH is 1. The molecule has 2 N–H and O–H groups in total. The van der Waals surface area contributed by atoms with Crippen molar-refractivity contribution in [1.29, 1.82) is 5.26 Å². The van der Waals surface area contributed by atoms with E-state index in [1.165, 1.54) is 0 Å². The van der Waals surface area contributed by atoms with E-state index in [1.807, 2.05) is 19.9 Å². The first-order valence-electron chi connectivity index (χ1n) is 4.34. The van der Waals surface area contributed by atoms with E-state index in [4.69, 9.17) is 10.4 Å². The van der Waals surface area contributed by atoms with E-state index in [9.17, 15) is 4.79 Å². The van der Waals surface area contributed by atoms with Crippen LogP contribution in [0, 0.1) is 23.2 Å². The van der Waals surface area contributed by atoms with Crippen LogP contribution in [0.5, 0.6) is 0 Å². The van der Waals surface area contributed by atoms with Crippen molar-refractivity contribution in [3.8, 4) is 6.07 Å². The summed E-state index contributed by atoms with van der Waals surface area (Å²) in [5, 5.41) is 20.1. The Morgan fingerprint density at radius 3 is 2.38 bits per heavy atom. The van der Waals surface area contributed by atoms with Crippen molar-refractivity contribution in [1.82, 2.24) is 5.32 Å². The van der Waals surface area contributed by atoms with E-state index in [-0.39, 0.29) is 18.4 Å². The lowest BCUT2D eigenvalue weighted by Gasteiger charge is -2.13. The number of hydrogen-bond donors (Lipinski definition) is 2. The number of nitriles is 1. The summed E-state index contributed by atoms with van der Waals surface area (Å²) in [6.45, 7) is 5.41. The molecule has 13 heavy (non-hydrogen) atoms. The van der Waals surface area contributed by atoms with Crippen molar-refractivity contribution in [2.75, 3.05) is 6.54 Å². The molecule has 4 heteroatoms. The van der Waals surface area contributed by atoms with Gasteiger partial charge in [-0.25, -0.2) is 0 Å². The summed E-state index contributed by atoms with van der Waals surface area (Å²) < 4.78 is 0. The Kier molecular flexibility index (Phi) is 5.09. The summed E-state index contributed by atoms with van der Waals surface area (Å²) in [4.78, 5) is 11.3. The molecule has 0 bridgehead atoms. The van der Waals surface area contributed by atoms with Gasteiger partial charge in [0.15, 0.2) is 0 Å². The highest BCUT2D eigenvalue weighted by Gasteiger charge is 2.21. The Morgan fingerprint density at radius 1 is 1.54 bits per heavy atom. The van der Waals surface area contributed by atoms with Crippen molar-refractivity contribution >= 4 is 5.91 Å². The number of carbonyl (C=O) groups excluding carboxylic acids is 1. The molecule has 0 spiro atoms. The maximum atomic E-state index is 11.3. The molecule has 0 saturated heterocycles. The van der Waals surface area contributed by atoms with Crippen LogP contribution in [0.15, 0.2) is 0 Å². The monoisotopic (exact) mass is 184 g/mol. The average Bonchev–Trinajstić information content (AvgIpc) is 2.01. The van der Waals surface area contributed by atoms with Crippen molar-refractivity contribution in [3.05, 3.63) is 0 Å². The predicted molar refractivity (Wildman–Crippen MR) is 48.6 cm³/mol. The molecule has 0 aromatic rings. The molecule has 0 rings (SSSR count). The first-order valence-corrected chi connectivity index (χ1v) is 4.34. The number of amides is 1. The van der Waals surface area contributed by atoms with Gasteiger partial charge in [-0.2, -0.15) is 5.26 Å². The highest BCUT2D eigenvalue weighted by Crippen LogP contribution is 2.08. The summed E-state index contributed by atoms with van der Waals surface area (Å²) in [6, 6.07) is 1.93.